The van der Waals surface area contributed by atoms with Crippen LogP contribution in [-0.2, 0) is 0 Å². The van der Waals surface area contributed by atoms with Gasteiger partial charge in [0, 0.05) is 27.9 Å². The Labute approximate surface area is 134 Å². The molecule has 112 valence electrons. The highest BCUT2D eigenvalue weighted by Crippen LogP contribution is 2.35. The number of nitro benzene ring substituents is 1. The van der Waals surface area contributed by atoms with E-state index < -0.39 is 4.92 Å². The van der Waals surface area contributed by atoms with Gasteiger partial charge in [-0.15, -0.1) is 0 Å². The zero-order chi connectivity index (χ0) is 15.7. The van der Waals surface area contributed by atoms with Crippen molar-refractivity contribution in [1.82, 2.24) is 4.98 Å². The number of halogens is 1. The van der Waals surface area contributed by atoms with Gasteiger partial charge in [0.25, 0.3) is 5.69 Å². The first-order chi connectivity index (χ1) is 10.6. The molecule has 0 amide bonds. The summed E-state index contributed by atoms with van der Waals surface area (Å²) in [5.41, 5.74) is 0.273. The van der Waals surface area contributed by atoms with Crippen LogP contribution in [0.2, 0.25) is 0 Å². The first-order valence-electron chi connectivity index (χ1n) is 6.63. The van der Waals surface area contributed by atoms with Gasteiger partial charge in [-0.05, 0) is 11.5 Å². The van der Waals surface area contributed by atoms with E-state index in [0.717, 1.165) is 10.8 Å². The largest absolute Gasteiger partial charge is 0.395 e. The van der Waals surface area contributed by atoms with Gasteiger partial charge in [-0.25, -0.2) is 4.98 Å². The van der Waals surface area contributed by atoms with Gasteiger partial charge in [-0.3, -0.25) is 10.1 Å². The number of pyridine rings is 1. The fourth-order valence-corrected chi connectivity index (χ4v) is 2.90. The van der Waals surface area contributed by atoms with Crippen molar-refractivity contribution < 1.29 is 10.0 Å². The third-order valence-corrected chi connectivity index (χ3v) is 3.81. The molecule has 0 aliphatic heterocycles. The van der Waals surface area contributed by atoms with Crippen LogP contribution < -0.4 is 5.32 Å². The van der Waals surface area contributed by atoms with Crippen molar-refractivity contribution in [3.63, 3.8) is 0 Å². The van der Waals surface area contributed by atoms with E-state index >= 15 is 0 Å². The molecule has 0 saturated heterocycles. The second-order valence-electron chi connectivity index (χ2n) is 4.73. The molecule has 22 heavy (non-hydrogen) atoms. The molecule has 0 saturated carbocycles. The highest BCUT2D eigenvalue weighted by Gasteiger charge is 2.18. The van der Waals surface area contributed by atoms with Crippen LogP contribution in [0.1, 0.15) is 0 Å². The van der Waals surface area contributed by atoms with Gasteiger partial charge < -0.3 is 10.4 Å². The number of nitrogens with zero attached hydrogens (tertiary/aromatic N) is 2. The summed E-state index contributed by atoms with van der Waals surface area (Å²) in [6.07, 6.45) is 0. The lowest BCUT2D eigenvalue weighted by atomic mass is 10.0. The van der Waals surface area contributed by atoms with Crippen LogP contribution in [0.25, 0.3) is 21.7 Å². The third-order valence-electron chi connectivity index (χ3n) is 3.35. The van der Waals surface area contributed by atoms with E-state index in [-0.39, 0.29) is 12.3 Å². The van der Waals surface area contributed by atoms with Gasteiger partial charge >= 0.3 is 0 Å². The molecular weight excluding hydrogens is 350 g/mol. The van der Waals surface area contributed by atoms with Crippen LogP contribution in [0.3, 0.4) is 0 Å². The van der Waals surface area contributed by atoms with Gasteiger partial charge in [0.1, 0.15) is 5.82 Å². The molecule has 0 aliphatic rings. The van der Waals surface area contributed by atoms with Crippen molar-refractivity contribution in [2.75, 3.05) is 18.5 Å². The summed E-state index contributed by atoms with van der Waals surface area (Å²) in [4.78, 5) is 15.3. The summed E-state index contributed by atoms with van der Waals surface area (Å²) in [5, 5.41) is 25.8. The number of hydrogen-bond acceptors (Lipinski definition) is 5. The minimum atomic E-state index is -0.440. The SMILES string of the molecule is O=[N+]([O-])c1cc(Br)cc2c1nc(NCCO)c1ccccc12. The minimum absolute atomic E-state index is 0.0452. The normalized spacial score (nSPS) is 11.0. The molecule has 1 aromatic heterocycles. The van der Waals surface area contributed by atoms with E-state index in [4.69, 9.17) is 5.11 Å². The molecule has 0 unspecified atom stereocenters. The van der Waals surface area contributed by atoms with E-state index in [9.17, 15) is 10.1 Å². The Morgan fingerprint density at radius 1 is 1.23 bits per heavy atom. The number of nitro groups is 1. The summed E-state index contributed by atoms with van der Waals surface area (Å²) < 4.78 is 0.634. The number of rotatable bonds is 4. The molecule has 6 nitrogen and oxygen atoms in total. The molecule has 0 atom stereocenters. The number of benzene rings is 2. The summed E-state index contributed by atoms with van der Waals surface area (Å²) in [6, 6.07) is 10.8. The zero-order valence-electron chi connectivity index (χ0n) is 11.4. The maximum atomic E-state index is 11.3. The Balaban J connectivity index is 2.42. The highest BCUT2D eigenvalue weighted by atomic mass is 79.9. The molecular formula is C15H12BrN3O3. The van der Waals surface area contributed by atoms with Crippen molar-refractivity contribution in [2.24, 2.45) is 0 Å². The van der Waals surface area contributed by atoms with Crippen molar-refractivity contribution in [1.29, 1.82) is 0 Å². The maximum absolute atomic E-state index is 11.3. The smallest absolute Gasteiger partial charge is 0.296 e. The predicted octanol–water partition coefficient (Wildman–Crippen LogP) is 3.46. The maximum Gasteiger partial charge on any atom is 0.296 e. The van der Waals surface area contributed by atoms with Gasteiger partial charge in [-0.2, -0.15) is 0 Å². The lowest BCUT2D eigenvalue weighted by Crippen LogP contribution is -2.08. The Kier molecular flexibility index (Phi) is 3.91. The van der Waals surface area contributed by atoms with Crippen LogP contribution in [0.15, 0.2) is 40.9 Å². The lowest BCUT2D eigenvalue weighted by molar-refractivity contribution is -0.383. The Hall–Kier alpha value is -2.25. The van der Waals surface area contributed by atoms with Crippen molar-refractivity contribution in [3.8, 4) is 0 Å². The number of non-ortho nitro benzene ring substituents is 1. The van der Waals surface area contributed by atoms with Gasteiger partial charge in [0.15, 0.2) is 5.52 Å². The molecule has 1 heterocycles. The third kappa shape index (κ3) is 2.49. The fraction of sp³-hybridized carbons (Fsp3) is 0.133. The first kappa shape index (κ1) is 14.7. The average molecular weight is 362 g/mol. The average Bonchev–Trinajstić information content (AvgIpc) is 2.52. The number of aromatic nitrogens is 1. The molecule has 0 aliphatic carbocycles. The molecule has 0 fully saturated rings. The lowest BCUT2D eigenvalue weighted by Gasteiger charge is -2.11. The molecule has 0 bridgehead atoms. The van der Waals surface area contributed by atoms with E-state index in [0.29, 0.717) is 27.7 Å². The number of hydrogen-bond donors (Lipinski definition) is 2. The summed E-state index contributed by atoms with van der Waals surface area (Å²) in [7, 11) is 0. The van der Waals surface area contributed by atoms with E-state index in [1.165, 1.54) is 6.07 Å². The van der Waals surface area contributed by atoms with Crippen LogP contribution >= 0.6 is 15.9 Å². The number of aliphatic hydroxyl groups is 1. The summed E-state index contributed by atoms with van der Waals surface area (Å²) in [6.45, 7) is 0.281. The topological polar surface area (TPSA) is 88.3 Å². The zero-order valence-corrected chi connectivity index (χ0v) is 13.0. The number of aliphatic hydroxyl groups excluding tert-OH is 1. The monoisotopic (exact) mass is 361 g/mol. The van der Waals surface area contributed by atoms with Crippen LogP contribution in [-0.4, -0.2) is 28.2 Å². The van der Waals surface area contributed by atoms with Gasteiger partial charge in [0.05, 0.1) is 11.5 Å². The van der Waals surface area contributed by atoms with E-state index in [2.05, 4.69) is 26.2 Å². The van der Waals surface area contributed by atoms with Crippen molar-refractivity contribution in [3.05, 3.63) is 51.0 Å². The second-order valence-corrected chi connectivity index (χ2v) is 5.65. The van der Waals surface area contributed by atoms with Crippen LogP contribution in [0.4, 0.5) is 11.5 Å². The standard InChI is InChI=1S/C15H12BrN3O3/c16-9-7-12-10-3-1-2-4-11(10)15(17-5-6-20)18-14(12)13(8-9)19(21)22/h1-4,7-8,20H,5-6H2,(H,17,18). The Bertz CT molecular complexity index is 883. The number of nitrogens with one attached hydrogen (secondary N) is 1. The quantitative estimate of drug-likeness (QED) is 0.422. The molecule has 2 N–H and O–H groups in total. The second kappa shape index (κ2) is 5.86. The molecule has 7 heteroatoms. The van der Waals surface area contributed by atoms with Crippen LogP contribution in [0.5, 0.6) is 0 Å². The molecule has 3 rings (SSSR count). The predicted molar refractivity (Wildman–Crippen MR) is 89.2 cm³/mol. The van der Waals surface area contributed by atoms with E-state index in [1.54, 1.807) is 0 Å². The van der Waals surface area contributed by atoms with E-state index in [1.807, 2.05) is 30.3 Å². The van der Waals surface area contributed by atoms with Gasteiger partial charge in [-0.1, -0.05) is 40.2 Å². The Morgan fingerprint density at radius 2 is 1.95 bits per heavy atom. The highest BCUT2D eigenvalue weighted by molar-refractivity contribution is 9.10. The molecule has 2 aromatic carbocycles. The van der Waals surface area contributed by atoms with Crippen LogP contribution in [0, 0.1) is 10.1 Å². The number of fused-ring (bicyclic) bond motifs is 3. The first-order valence-corrected chi connectivity index (χ1v) is 7.42. The molecule has 3 aromatic rings. The van der Waals surface area contributed by atoms with Gasteiger partial charge in [0.2, 0.25) is 0 Å². The Morgan fingerprint density at radius 3 is 2.64 bits per heavy atom. The fourth-order valence-electron chi connectivity index (χ4n) is 2.45. The van der Waals surface area contributed by atoms with Crippen molar-refractivity contribution >= 4 is 49.1 Å². The molecule has 0 radical (unpaired) electrons. The van der Waals surface area contributed by atoms with Crippen molar-refractivity contribution in [2.45, 2.75) is 0 Å². The summed E-state index contributed by atoms with van der Waals surface area (Å²) in [5.74, 6) is 0.530. The summed E-state index contributed by atoms with van der Waals surface area (Å²) >= 11 is 3.32. The number of anilines is 1. The molecule has 0 spiro atoms. The minimum Gasteiger partial charge on any atom is -0.395 e.